The fourth-order valence-corrected chi connectivity index (χ4v) is 5.70. The molecular formula is C32H27N3O2S. The third-order valence-corrected chi connectivity index (χ3v) is 7.90. The van der Waals surface area contributed by atoms with Crippen molar-refractivity contribution in [3.8, 4) is 11.4 Å². The van der Waals surface area contributed by atoms with Crippen LogP contribution in [-0.4, -0.2) is 15.6 Å². The third-order valence-electron chi connectivity index (χ3n) is 7.03. The first kappa shape index (κ1) is 23.9. The van der Waals surface area contributed by atoms with E-state index < -0.39 is 0 Å². The van der Waals surface area contributed by atoms with Crippen LogP contribution in [0, 0.1) is 13.8 Å². The molecule has 3 aromatic carbocycles. The van der Waals surface area contributed by atoms with Crippen LogP contribution in [0.15, 0.2) is 112 Å². The molecule has 0 amide bonds. The normalized spacial score (nSPS) is 15.1. The number of thiophene rings is 1. The molecule has 0 saturated carbocycles. The monoisotopic (exact) mass is 517 g/mol. The SMILES string of the molecule is Cc1ccc([C@H]2C(C=Nc3c(C)n(C)n(-c4ccccc4)c3=O)=C(c3cccs3)Oc3ccccc32)cc1. The van der Waals surface area contributed by atoms with Gasteiger partial charge in [0.05, 0.1) is 16.3 Å². The van der Waals surface area contributed by atoms with Crippen LogP contribution < -0.4 is 10.3 Å². The van der Waals surface area contributed by atoms with Gasteiger partial charge in [-0.25, -0.2) is 9.67 Å². The van der Waals surface area contributed by atoms with Gasteiger partial charge in [-0.05, 0) is 49.1 Å². The van der Waals surface area contributed by atoms with Crippen LogP contribution in [0.5, 0.6) is 5.75 Å². The van der Waals surface area contributed by atoms with Gasteiger partial charge in [0.2, 0.25) is 0 Å². The van der Waals surface area contributed by atoms with Crippen LogP contribution in [0.2, 0.25) is 0 Å². The van der Waals surface area contributed by atoms with Gasteiger partial charge in [0.15, 0.2) is 5.69 Å². The summed E-state index contributed by atoms with van der Waals surface area (Å²) in [6.07, 6.45) is 1.83. The summed E-state index contributed by atoms with van der Waals surface area (Å²) in [5.74, 6) is 1.51. The van der Waals surface area contributed by atoms with Crippen molar-refractivity contribution < 1.29 is 4.74 Å². The highest BCUT2D eigenvalue weighted by molar-refractivity contribution is 7.11. The van der Waals surface area contributed by atoms with Gasteiger partial charge < -0.3 is 4.74 Å². The van der Waals surface area contributed by atoms with Crippen LogP contribution in [0.25, 0.3) is 11.4 Å². The zero-order valence-corrected chi connectivity index (χ0v) is 22.3. The molecule has 1 aliphatic heterocycles. The molecule has 38 heavy (non-hydrogen) atoms. The first-order valence-electron chi connectivity index (χ1n) is 12.5. The Balaban J connectivity index is 1.55. The largest absolute Gasteiger partial charge is 0.455 e. The summed E-state index contributed by atoms with van der Waals surface area (Å²) in [7, 11) is 1.88. The highest BCUT2D eigenvalue weighted by Gasteiger charge is 2.31. The molecule has 6 heteroatoms. The Hall–Kier alpha value is -4.42. The molecule has 0 spiro atoms. The molecule has 0 bridgehead atoms. The Bertz CT molecular complexity index is 1720. The van der Waals surface area contributed by atoms with Crippen molar-refractivity contribution in [1.29, 1.82) is 0 Å². The van der Waals surface area contributed by atoms with E-state index in [1.807, 2.05) is 84.8 Å². The second-order valence-electron chi connectivity index (χ2n) is 9.41. The van der Waals surface area contributed by atoms with E-state index in [9.17, 15) is 4.79 Å². The number of fused-ring (bicyclic) bond motifs is 1. The summed E-state index contributed by atoms with van der Waals surface area (Å²) in [5.41, 5.74) is 6.19. The van der Waals surface area contributed by atoms with Crippen molar-refractivity contribution in [2.75, 3.05) is 0 Å². The van der Waals surface area contributed by atoms with E-state index in [-0.39, 0.29) is 11.5 Å². The van der Waals surface area contributed by atoms with E-state index in [0.29, 0.717) is 5.69 Å². The van der Waals surface area contributed by atoms with Crippen molar-refractivity contribution in [2.24, 2.45) is 12.0 Å². The van der Waals surface area contributed by atoms with Crippen LogP contribution in [0.3, 0.4) is 0 Å². The van der Waals surface area contributed by atoms with Crippen molar-refractivity contribution in [1.82, 2.24) is 9.36 Å². The number of allylic oxidation sites excluding steroid dienone is 1. The van der Waals surface area contributed by atoms with Gasteiger partial charge in [-0.2, -0.15) is 0 Å². The number of aryl methyl sites for hydroxylation is 1. The maximum Gasteiger partial charge on any atom is 0.297 e. The number of hydrogen-bond acceptors (Lipinski definition) is 4. The number of nitrogens with zero attached hydrogens (tertiary/aromatic N) is 3. The molecule has 0 fully saturated rings. The zero-order valence-electron chi connectivity index (χ0n) is 21.5. The molecule has 6 rings (SSSR count). The van der Waals surface area contributed by atoms with Crippen molar-refractivity contribution in [3.05, 3.63) is 140 Å². The lowest BCUT2D eigenvalue weighted by atomic mass is 9.82. The van der Waals surface area contributed by atoms with Crippen LogP contribution >= 0.6 is 11.3 Å². The third kappa shape index (κ3) is 4.13. The highest BCUT2D eigenvalue weighted by Crippen LogP contribution is 2.45. The topological polar surface area (TPSA) is 48.5 Å². The summed E-state index contributed by atoms with van der Waals surface area (Å²) < 4.78 is 10.0. The predicted molar refractivity (Wildman–Crippen MR) is 155 cm³/mol. The van der Waals surface area contributed by atoms with E-state index in [1.165, 1.54) is 5.56 Å². The number of para-hydroxylation sites is 2. The zero-order chi connectivity index (χ0) is 26.2. The lowest BCUT2D eigenvalue weighted by Crippen LogP contribution is -2.19. The first-order valence-corrected chi connectivity index (χ1v) is 13.4. The summed E-state index contributed by atoms with van der Waals surface area (Å²) in [6, 6.07) is 30.5. The van der Waals surface area contributed by atoms with Crippen LogP contribution in [-0.2, 0) is 7.05 Å². The van der Waals surface area contributed by atoms with Crippen molar-refractivity contribution in [2.45, 2.75) is 19.8 Å². The Morgan fingerprint density at radius 2 is 1.63 bits per heavy atom. The minimum Gasteiger partial charge on any atom is -0.455 e. The minimum atomic E-state index is -0.158. The van der Waals surface area contributed by atoms with Gasteiger partial charge in [0, 0.05) is 30.3 Å². The average molecular weight is 518 g/mol. The Kier molecular flexibility index (Phi) is 6.18. The minimum absolute atomic E-state index is 0.0956. The van der Waals surface area contributed by atoms with Gasteiger partial charge in [-0.1, -0.05) is 72.3 Å². The second kappa shape index (κ2) is 9.80. The van der Waals surface area contributed by atoms with Crippen molar-refractivity contribution in [3.63, 3.8) is 0 Å². The van der Waals surface area contributed by atoms with Gasteiger partial charge in [0.1, 0.15) is 11.5 Å². The molecule has 1 atom stereocenters. The molecule has 3 heterocycles. The number of benzene rings is 3. The molecular weight excluding hydrogens is 490 g/mol. The second-order valence-corrected chi connectivity index (χ2v) is 10.4. The van der Waals surface area contributed by atoms with Crippen LogP contribution in [0.4, 0.5) is 5.69 Å². The fourth-order valence-electron chi connectivity index (χ4n) is 4.97. The molecule has 1 aliphatic rings. The fraction of sp³-hybridized carbons (Fsp3) is 0.125. The van der Waals surface area contributed by atoms with E-state index in [1.54, 1.807) is 16.0 Å². The number of aromatic nitrogens is 2. The molecule has 5 aromatic rings. The lowest BCUT2D eigenvalue weighted by molar-refractivity contribution is 0.490. The van der Waals surface area contributed by atoms with Gasteiger partial charge in [-0.3, -0.25) is 9.48 Å². The maximum absolute atomic E-state index is 13.6. The quantitative estimate of drug-likeness (QED) is 0.232. The molecule has 0 aliphatic carbocycles. The average Bonchev–Trinajstić information content (AvgIpc) is 3.55. The van der Waals surface area contributed by atoms with E-state index in [2.05, 4.69) is 43.3 Å². The number of rotatable bonds is 5. The van der Waals surface area contributed by atoms with Crippen LogP contribution in [0.1, 0.15) is 33.2 Å². The molecule has 188 valence electrons. The Labute approximate surface area is 225 Å². The molecule has 5 nitrogen and oxygen atoms in total. The molecule has 0 unspecified atom stereocenters. The number of ether oxygens (including phenoxy) is 1. The highest BCUT2D eigenvalue weighted by atomic mass is 32.1. The molecule has 0 radical (unpaired) electrons. The van der Waals surface area contributed by atoms with E-state index in [4.69, 9.17) is 9.73 Å². The van der Waals surface area contributed by atoms with E-state index >= 15 is 0 Å². The summed E-state index contributed by atoms with van der Waals surface area (Å²) >= 11 is 1.62. The summed E-state index contributed by atoms with van der Waals surface area (Å²) in [4.78, 5) is 19.4. The standard InChI is InChI=1S/C32H27N3O2S/c1-21-15-17-23(18-16-21)29-25-12-7-8-13-27(25)37-31(28-14-9-19-38-28)26(29)20-33-30-22(2)34(3)35(32(30)36)24-10-5-4-6-11-24/h4-20,29H,1-3H3/t29-/m1/s1. The Morgan fingerprint density at radius 1 is 0.895 bits per heavy atom. The van der Waals surface area contributed by atoms with Crippen molar-refractivity contribution >= 4 is 29.0 Å². The number of hydrogen-bond donors (Lipinski definition) is 0. The summed E-state index contributed by atoms with van der Waals surface area (Å²) in [6.45, 7) is 4.01. The molecule has 2 aromatic heterocycles. The number of aliphatic imine (C=N–C) groups is 1. The molecule has 0 saturated heterocycles. The van der Waals surface area contributed by atoms with Gasteiger partial charge in [-0.15, -0.1) is 11.3 Å². The first-order chi connectivity index (χ1) is 18.5. The molecule has 0 N–H and O–H groups in total. The Morgan fingerprint density at radius 3 is 2.37 bits per heavy atom. The maximum atomic E-state index is 13.6. The van der Waals surface area contributed by atoms with Gasteiger partial charge >= 0.3 is 0 Å². The predicted octanol–water partition coefficient (Wildman–Crippen LogP) is 7.19. The smallest absolute Gasteiger partial charge is 0.297 e. The van der Waals surface area contributed by atoms with Gasteiger partial charge in [0.25, 0.3) is 5.56 Å². The summed E-state index contributed by atoms with van der Waals surface area (Å²) in [5, 5.41) is 2.04. The lowest BCUT2D eigenvalue weighted by Gasteiger charge is -2.29. The van der Waals surface area contributed by atoms with E-state index in [0.717, 1.165) is 44.5 Å².